The Morgan fingerprint density at radius 1 is 1.16 bits per heavy atom. The van der Waals surface area contributed by atoms with E-state index < -0.39 is 32.7 Å². The van der Waals surface area contributed by atoms with Gasteiger partial charge in [0.2, 0.25) is 5.95 Å². The number of nitrogens with one attached hydrogen (secondary N) is 2. The summed E-state index contributed by atoms with van der Waals surface area (Å²) < 4.78 is 39.8. The molecule has 0 fully saturated rings. The lowest BCUT2D eigenvalue weighted by Gasteiger charge is -2.08. The minimum Gasteiger partial charge on any atom is -0.478 e. The minimum atomic E-state index is -4.59. The van der Waals surface area contributed by atoms with Crippen molar-refractivity contribution in [1.82, 2.24) is 19.7 Å². The summed E-state index contributed by atoms with van der Waals surface area (Å²) >= 11 is 0. The number of amides is 2. The first-order valence-corrected chi connectivity index (χ1v) is 7.73. The summed E-state index contributed by atoms with van der Waals surface area (Å²) in [4.78, 5) is 33.8. The van der Waals surface area contributed by atoms with Gasteiger partial charge in [-0.05, 0) is 6.07 Å². The Bertz CT molecular complexity index is 887. The first-order valence-electron chi connectivity index (χ1n) is 6.25. The first-order chi connectivity index (χ1) is 11.8. The molecule has 0 aliphatic rings. The average Bonchev–Trinajstić information content (AvgIpc) is 3.04. The predicted molar refractivity (Wildman–Crippen MR) is 77.9 cm³/mol. The van der Waals surface area contributed by atoms with Crippen LogP contribution in [0.3, 0.4) is 0 Å². The highest BCUT2D eigenvalue weighted by Gasteiger charge is 2.28. The second-order valence-electron chi connectivity index (χ2n) is 4.12. The first kappa shape index (κ1) is 17.9. The van der Waals surface area contributed by atoms with Crippen molar-refractivity contribution >= 4 is 28.0 Å². The Balaban J connectivity index is 2.19. The lowest BCUT2D eigenvalue weighted by Crippen LogP contribution is -2.35. The average molecular weight is 373 g/mol. The molecule has 14 heteroatoms. The fourth-order valence-corrected chi connectivity index (χ4v) is 2.55. The molecular weight excluding hydrogens is 362 g/mol. The molecule has 3 N–H and O–H groups in total. The van der Waals surface area contributed by atoms with Crippen molar-refractivity contribution in [2.45, 2.75) is 5.09 Å². The number of anilines is 1. The fraction of sp³-hybridized carbons (Fsp3) is 0.182. The number of carboxylic acids is 1. The van der Waals surface area contributed by atoms with Crippen molar-refractivity contribution < 1.29 is 37.0 Å². The maximum absolute atomic E-state index is 12.0. The number of urea groups is 1. The van der Waals surface area contributed by atoms with E-state index in [2.05, 4.69) is 19.4 Å². The number of carbonyl (C=O) groups excluding carboxylic acids is 1. The van der Waals surface area contributed by atoms with E-state index in [0.717, 1.165) is 12.3 Å². The molecule has 0 unspecified atom stereocenters. The van der Waals surface area contributed by atoms with Gasteiger partial charge in [0.05, 0.1) is 20.5 Å². The maximum atomic E-state index is 12.0. The van der Waals surface area contributed by atoms with E-state index >= 15 is 0 Å². The van der Waals surface area contributed by atoms with E-state index in [4.69, 9.17) is 14.6 Å². The van der Waals surface area contributed by atoms with Gasteiger partial charge in [-0.3, -0.25) is 5.32 Å². The molecule has 0 aliphatic heterocycles. The summed E-state index contributed by atoms with van der Waals surface area (Å²) in [5.41, 5.74) is -0.635. The van der Waals surface area contributed by atoms with Crippen LogP contribution in [0.1, 0.15) is 10.4 Å². The number of rotatable bonds is 6. The molecule has 0 saturated heterocycles. The normalized spacial score (nSPS) is 10.8. The summed E-state index contributed by atoms with van der Waals surface area (Å²) in [5, 5.41) is 9.98. The van der Waals surface area contributed by atoms with Crippen molar-refractivity contribution in [3.05, 3.63) is 17.9 Å². The molecule has 0 atom stereocenters. The highest BCUT2D eigenvalue weighted by atomic mass is 32.2. The molecule has 0 saturated carbocycles. The van der Waals surface area contributed by atoms with Crippen molar-refractivity contribution in [2.75, 3.05) is 19.5 Å². The van der Waals surface area contributed by atoms with E-state index in [1.807, 2.05) is 5.32 Å². The van der Waals surface area contributed by atoms with Crippen LogP contribution in [0.5, 0.6) is 12.0 Å². The summed E-state index contributed by atoms with van der Waals surface area (Å²) in [6.45, 7) is 0. The third-order valence-corrected chi connectivity index (χ3v) is 3.77. The SMILES string of the molecule is COc1nc(NC(=O)NS(=O)(=O)c2occc2C(=O)O)nc(OC)n1. The predicted octanol–water partition coefficient (Wildman–Crippen LogP) is -0.310. The van der Waals surface area contributed by atoms with E-state index in [1.165, 1.54) is 14.2 Å². The second kappa shape index (κ2) is 7.00. The van der Waals surface area contributed by atoms with Crippen molar-refractivity contribution in [2.24, 2.45) is 0 Å². The van der Waals surface area contributed by atoms with E-state index in [9.17, 15) is 18.0 Å². The molecule has 2 heterocycles. The molecule has 0 radical (unpaired) electrons. The van der Waals surface area contributed by atoms with Gasteiger partial charge in [-0.1, -0.05) is 0 Å². The molecule has 2 amide bonds. The van der Waals surface area contributed by atoms with Crippen LogP contribution in [0, 0.1) is 0 Å². The zero-order chi connectivity index (χ0) is 18.6. The van der Waals surface area contributed by atoms with Crippen LogP contribution in [-0.4, -0.2) is 54.7 Å². The number of hydrogen-bond acceptors (Lipinski definition) is 10. The molecule has 2 aromatic heterocycles. The smallest absolute Gasteiger partial charge is 0.340 e. The molecule has 2 aromatic rings. The van der Waals surface area contributed by atoms with Crippen LogP contribution in [-0.2, 0) is 10.0 Å². The molecule has 134 valence electrons. The third kappa shape index (κ3) is 4.11. The van der Waals surface area contributed by atoms with Crippen molar-refractivity contribution in [3.63, 3.8) is 0 Å². The van der Waals surface area contributed by atoms with Gasteiger partial charge in [-0.15, -0.1) is 4.98 Å². The van der Waals surface area contributed by atoms with Crippen molar-refractivity contribution in [3.8, 4) is 12.0 Å². The van der Waals surface area contributed by atoms with Gasteiger partial charge < -0.3 is 19.0 Å². The second-order valence-corrected chi connectivity index (χ2v) is 5.70. The number of hydrogen-bond donors (Lipinski definition) is 3. The van der Waals surface area contributed by atoms with Gasteiger partial charge in [-0.25, -0.2) is 14.3 Å². The number of aromatic nitrogens is 3. The van der Waals surface area contributed by atoms with E-state index in [0.29, 0.717) is 0 Å². The summed E-state index contributed by atoms with van der Waals surface area (Å²) in [7, 11) is -2.07. The lowest BCUT2D eigenvalue weighted by molar-refractivity contribution is 0.0689. The largest absolute Gasteiger partial charge is 0.478 e. The monoisotopic (exact) mass is 373 g/mol. The van der Waals surface area contributed by atoms with E-state index in [-0.39, 0.29) is 18.0 Å². The Hall–Kier alpha value is -3.42. The minimum absolute atomic E-state index is 0.191. The van der Waals surface area contributed by atoms with Gasteiger partial charge in [0, 0.05) is 0 Å². The van der Waals surface area contributed by atoms with Crippen LogP contribution in [0.25, 0.3) is 0 Å². The highest BCUT2D eigenvalue weighted by Crippen LogP contribution is 2.17. The highest BCUT2D eigenvalue weighted by molar-refractivity contribution is 7.90. The number of methoxy groups -OCH3 is 2. The lowest BCUT2D eigenvalue weighted by atomic mass is 10.3. The molecule has 0 bridgehead atoms. The summed E-state index contributed by atoms with van der Waals surface area (Å²) in [6.07, 6.45) is 0.859. The summed E-state index contributed by atoms with van der Waals surface area (Å²) in [6, 6.07) is -0.729. The zero-order valence-corrected chi connectivity index (χ0v) is 13.5. The summed E-state index contributed by atoms with van der Waals surface area (Å²) in [5.74, 6) is -1.91. The van der Waals surface area contributed by atoms with Gasteiger partial charge >= 0.3 is 24.0 Å². The third-order valence-electron chi connectivity index (χ3n) is 2.52. The van der Waals surface area contributed by atoms with Crippen LogP contribution < -0.4 is 19.5 Å². The van der Waals surface area contributed by atoms with Gasteiger partial charge in [0.25, 0.3) is 15.1 Å². The van der Waals surface area contributed by atoms with Crippen LogP contribution in [0.4, 0.5) is 10.7 Å². The topological polar surface area (TPSA) is 183 Å². The fourth-order valence-electron chi connectivity index (χ4n) is 1.53. The maximum Gasteiger partial charge on any atom is 0.340 e. The molecule has 0 spiro atoms. The Labute approximate surface area is 140 Å². The van der Waals surface area contributed by atoms with Gasteiger partial charge in [0.15, 0.2) is 0 Å². The van der Waals surface area contributed by atoms with Gasteiger partial charge in [-0.2, -0.15) is 18.4 Å². The molecule has 13 nitrogen and oxygen atoms in total. The number of nitrogens with zero attached hydrogens (tertiary/aromatic N) is 3. The molecule has 2 rings (SSSR count). The van der Waals surface area contributed by atoms with Crippen molar-refractivity contribution in [1.29, 1.82) is 0 Å². The van der Waals surface area contributed by atoms with Crippen LogP contribution >= 0.6 is 0 Å². The Kier molecular flexibility index (Phi) is 5.02. The van der Waals surface area contributed by atoms with Gasteiger partial charge in [0.1, 0.15) is 5.56 Å². The number of aromatic carboxylic acids is 1. The Morgan fingerprint density at radius 2 is 1.76 bits per heavy atom. The zero-order valence-electron chi connectivity index (χ0n) is 12.7. The Morgan fingerprint density at radius 3 is 2.28 bits per heavy atom. The number of sulfonamides is 1. The molecule has 0 aliphatic carbocycles. The number of carboxylic acid groups (broad SMARTS) is 1. The van der Waals surface area contributed by atoms with E-state index in [1.54, 1.807) is 4.72 Å². The number of carbonyl (C=O) groups is 2. The molecule has 0 aromatic carbocycles. The number of ether oxygens (including phenoxy) is 2. The molecular formula is C11H11N5O8S. The molecule has 25 heavy (non-hydrogen) atoms. The number of furan rings is 1. The standard InChI is InChI=1S/C11H11N5O8S/c1-22-10-13-8(14-11(15-10)23-2)12-9(19)16-25(20,21)7-5(6(17)18)3-4-24-7/h3-4H,1-2H3,(H,17,18)(H2,12,13,14,15,16,19). The van der Waals surface area contributed by atoms with Crippen LogP contribution in [0.15, 0.2) is 21.8 Å². The quantitative estimate of drug-likeness (QED) is 0.603. The van der Waals surface area contributed by atoms with Crippen LogP contribution in [0.2, 0.25) is 0 Å².